The van der Waals surface area contributed by atoms with Gasteiger partial charge >= 0.3 is 0 Å². The summed E-state index contributed by atoms with van der Waals surface area (Å²) in [6.07, 6.45) is 0.510. The number of nitrogens with zero attached hydrogens (tertiary/aromatic N) is 1. The Morgan fingerprint density at radius 1 is 0.967 bits per heavy atom. The van der Waals surface area contributed by atoms with Crippen LogP contribution in [0.4, 0.5) is 5.69 Å². The van der Waals surface area contributed by atoms with Gasteiger partial charge in [-0.1, -0.05) is 31.5 Å². The van der Waals surface area contributed by atoms with E-state index in [9.17, 15) is 18.0 Å². The van der Waals surface area contributed by atoms with Crippen molar-refractivity contribution >= 4 is 27.5 Å². The zero-order valence-corrected chi connectivity index (χ0v) is 18.8. The van der Waals surface area contributed by atoms with Crippen LogP contribution >= 0.6 is 0 Å². The number of carbonyl (C=O) groups is 2. The monoisotopic (exact) mass is 431 g/mol. The molecule has 0 saturated carbocycles. The molecule has 0 spiro atoms. The first-order valence-corrected chi connectivity index (χ1v) is 11.2. The van der Waals surface area contributed by atoms with Crippen molar-refractivity contribution in [1.29, 1.82) is 0 Å². The highest BCUT2D eigenvalue weighted by atomic mass is 32.2. The molecule has 0 aliphatic carbocycles. The molecule has 7 nitrogen and oxygen atoms in total. The van der Waals surface area contributed by atoms with Gasteiger partial charge in [-0.3, -0.25) is 14.3 Å². The minimum Gasteiger partial charge on any atom is -0.347 e. The fourth-order valence-corrected chi connectivity index (χ4v) is 3.93. The minimum absolute atomic E-state index is 0.0442. The molecule has 2 amide bonds. The zero-order chi connectivity index (χ0) is 22.5. The van der Waals surface area contributed by atoms with E-state index in [4.69, 9.17) is 0 Å². The van der Waals surface area contributed by atoms with Crippen LogP contribution in [0.15, 0.2) is 53.4 Å². The van der Waals surface area contributed by atoms with Crippen molar-refractivity contribution in [3.63, 3.8) is 0 Å². The summed E-state index contributed by atoms with van der Waals surface area (Å²) in [5.74, 6) is -0.385. The number of carbonyl (C=O) groups excluding carboxylic acids is 2. The van der Waals surface area contributed by atoms with Crippen molar-refractivity contribution in [2.24, 2.45) is 5.92 Å². The summed E-state index contributed by atoms with van der Waals surface area (Å²) in [6, 6.07) is 12.0. The number of aryl methyl sites for hydroxylation is 1. The molecular weight excluding hydrogens is 402 g/mol. The van der Waals surface area contributed by atoms with Crippen molar-refractivity contribution in [1.82, 2.24) is 10.2 Å². The molecule has 0 fully saturated rings. The van der Waals surface area contributed by atoms with Gasteiger partial charge in [-0.25, -0.2) is 8.42 Å². The number of nitrogens with one attached hydrogen (secondary N) is 2. The molecule has 0 bridgehead atoms. The number of sulfonamides is 1. The predicted octanol–water partition coefficient (Wildman–Crippen LogP) is 3.03. The fourth-order valence-electron chi connectivity index (χ4n) is 2.87. The number of rotatable bonds is 8. The highest BCUT2D eigenvalue weighted by Crippen LogP contribution is 2.17. The number of likely N-dealkylation sites (N-methyl/N-ethyl adjacent to an activating group) is 1. The van der Waals surface area contributed by atoms with E-state index < -0.39 is 22.0 Å². The summed E-state index contributed by atoms with van der Waals surface area (Å²) in [5, 5.41) is 2.75. The second kappa shape index (κ2) is 9.75. The van der Waals surface area contributed by atoms with Crippen LogP contribution in [-0.4, -0.2) is 45.3 Å². The maximum atomic E-state index is 12.6. The number of hydrogen-bond donors (Lipinski definition) is 2. The molecule has 2 rings (SSSR count). The maximum absolute atomic E-state index is 12.6. The van der Waals surface area contributed by atoms with Gasteiger partial charge in [-0.05, 0) is 55.7 Å². The van der Waals surface area contributed by atoms with E-state index in [1.807, 2.05) is 32.9 Å². The summed E-state index contributed by atoms with van der Waals surface area (Å²) in [6.45, 7) is 5.87. The number of anilines is 1. The van der Waals surface area contributed by atoms with E-state index in [1.54, 1.807) is 26.2 Å². The molecule has 1 unspecified atom stereocenters. The molecular formula is C22H29N3O4S. The van der Waals surface area contributed by atoms with Crippen LogP contribution < -0.4 is 10.0 Å². The minimum atomic E-state index is -3.77. The Morgan fingerprint density at radius 3 is 2.03 bits per heavy atom. The van der Waals surface area contributed by atoms with Crippen molar-refractivity contribution in [2.45, 2.75) is 38.1 Å². The summed E-state index contributed by atoms with van der Waals surface area (Å²) in [7, 11) is -0.492. The standard InChI is InChI=1S/C22H29N3O4S/c1-15(2)14-20(22(27)25(4)5)23-21(26)17-8-12-19(13-9-17)30(28,29)24-18-10-6-16(3)7-11-18/h6-13,15,20,24H,14H2,1-5H3,(H,23,26). The zero-order valence-electron chi connectivity index (χ0n) is 18.0. The first kappa shape index (κ1) is 23.4. The first-order valence-electron chi connectivity index (χ1n) is 9.71. The third kappa shape index (κ3) is 6.32. The van der Waals surface area contributed by atoms with E-state index in [-0.39, 0.29) is 22.3 Å². The molecule has 2 N–H and O–H groups in total. The molecule has 0 aliphatic rings. The van der Waals surface area contributed by atoms with Crippen molar-refractivity contribution in [3.8, 4) is 0 Å². The molecule has 30 heavy (non-hydrogen) atoms. The maximum Gasteiger partial charge on any atom is 0.261 e. The SMILES string of the molecule is Cc1ccc(NS(=O)(=O)c2ccc(C(=O)NC(CC(C)C)C(=O)N(C)C)cc2)cc1. The lowest BCUT2D eigenvalue weighted by atomic mass is 10.0. The quantitative estimate of drug-likeness (QED) is 0.672. The number of amides is 2. The molecule has 8 heteroatoms. The average Bonchev–Trinajstić information content (AvgIpc) is 2.68. The highest BCUT2D eigenvalue weighted by Gasteiger charge is 2.24. The Bertz CT molecular complexity index is 982. The van der Waals surface area contributed by atoms with E-state index in [2.05, 4.69) is 10.0 Å². The van der Waals surface area contributed by atoms with Gasteiger partial charge < -0.3 is 10.2 Å². The Kier molecular flexibility index (Phi) is 7.61. The van der Waals surface area contributed by atoms with Crippen LogP contribution in [0.1, 0.15) is 36.2 Å². The fraction of sp³-hybridized carbons (Fsp3) is 0.364. The van der Waals surface area contributed by atoms with Crippen LogP contribution in [0.3, 0.4) is 0 Å². The van der Waals surface area contributed by atoms with Gasteiger partial charge in [0.15, 0.2) is 0 Å². The average molecular weight is 432 g/mol. The third-order valence-electron chi connectivity index (χ3n) is 4.48. The van der Waals surface area contributed by atoms with Gasteiger partial charge in [-0.15, -0.1) is 0 Å². The first-order chi connectivity index (χ1) is 14.0. The second-order valence-corrected chi connectivity index (χ2v) is 9.57. The third-order valence-corrected chi connectivity index (χ3v) is 5.88. The van der Waals surface area contributed by atoms with Gasteiger partial charge in [0.2, 0.25) is 5.91 Å². The smallest absolute Gasteiger partial charge is 0.261 e. The van der Waals surface area contributed by atoms with Gasteiger partial charge in [0.05, 0.1) is 4.90 Å². The van der Waals surface area contributed by atoms with E-state index in [0.29, 0.717) is 12.1 Å². The summed E-state index contributed by atoms with van der Waals surface area (Å²) in [4.78, 5) is 26.4. The summed E-state index contributed by atoms with van der Waals surface area (Å²) < 4.78 is 27.7. The van der Waals surface area contributed by atoms with Gasteiger partial charge in [-0.2, -0.15) is 0 Å². The summed E-state index contributed by atoms with van der Waals surface area (Å²) >= 11 is 0. The van der Waals surface area contributed by atoms with Crippen LogP contribution in [0.2, 0.25) is 0 Å². The van der Waals surface area contributed by atoms with Crippen molar-refractivity contribution < 1.29 is 18.0 Å². The number of hydrogen-bond acceptors (Lipinski definition) is 4. The highest BCUT2D eigenvalue weighted by molar-refractivity contribution is 7.92. The molecule has 0 radical (unpaired) electrons. The lowest BCUT2D eigenvalue weighted by Crippen LogP contribution is -2.46. The van der Waals surface area contributed by atoms with E-state index in [1.165, 1.54) is 29.2 Å². The van der Waals surface area contributed by atoms with Crippen molar-refractivity contribution in [2.75, 3.05) is 18.8 Å². The van der Waals surface area contributed by atoms with Crippen LogP contribution in [0.25, 0.3) is 0 Å². The number of benzene rings is 2. The largest absolute Gasteiger partial charge is 0.347 e. The predicted molar refractivity (Wildman–Crippen MR) is 118 cm³/mol. The summed E-state index contributed by atoms with van der Waals surface area (Å²) in [5.41, 5.74) is 1.77. The van der Waals surface area contributed by atoms with Crippen LogP contribution in [-0.2, 0) is 14.8 Å². The van der Waals surface area contributed by atoms with Crippen LogP contribution in [0, 0.1) is 12.8 Å². The lowest BCUT2D eigenvalue weighted by Gasteiger charge is -2.23. The van der Waals surface area contributed by atoms with Crippen LogP contribution in [0.5, 0.6) is 0 Å². The molecule has 0 saturated heterocycles. The molecule has 0 aromatic heterocycles. The molecule has 0 heterocycles. The van der Waals surface area contributed by atoms with Gasteiger partial charge in [0.1, 0.15) is 6.04 Å². The molecule has 2 aromatic rings. The van der Waals surface area contributed by atoms with Crippen molar-refractivity contribution in [3.05, 3.63) is 59.7 Å². The normalized spacial score (nSPS) is 12.3. The molecule has 2 aromatic carbocycles. The Balaban J connectivity index is 2.14. The van der Waals surface area contributed by atoms with Gasteiger partial charge in [0, 0.05) is 25.3 Å². The Hall–Kier alpha value is -2.87. The second-order valence-electron chi connectivity index (χ2n) is 7.88. The lowest BCUT2D eigenvalue weighted by molar-refractivity contribution is -0.131. The van der Waals surface area contributed by atoms with E-state index in [0.717, 1.165) is 5.56 Å². The molecule has 162 valence electrons. The Labute approximate surface area is 178 Å². The van der Waals surface area contributed by atoms with E-state index >= 15 is 0 Å². The Morgan fingerprint density at radius 2 is 1.53 bits per heavy atom. The molecule has 0 aliphatic heterocycles. The van der Waals surface area contributed by atoms with Gasteiger partial charge in [0.25, 0.3) is 15.9 Å². The topological polar surface area (TPSA) is 95.6 Å². The molecule has 1 atom stereocenters.